The molecule has 0 aliphatic rings. The number of rotatable bonds is 26. The molecular weight excluding hydrogens is 416 g/mol. The summed E-state index contributed by atoms with van der Waals surface area (Å²) in [7, 11) is 0. The van der Waals surface area contributed by atoms with Gasteiger partial charge in [-0.1, -0.05) is 78.1 Å². The lowest BCUT2D eigenvalue weighted by Gasteiger charge is -2.16. The van der Waals surface area contributed by atoms with E-state index in [4.69, 9.17) is 4.74 Å². The van der Waals surface area contributed by atoms with Crippen LogP contribution in [0.5, 0.6) is 0 Å². The Morgan fingerprint density at radius 3 is 1.70 bits per heavy atom. The minimum atomic E-state index is -0.00491. The lowest BCUT2D eigenvalue weighted by atomic mass is 9.94. The molecule has 0 radical (unpaired) electrons. The summed E-state index contributed by atoms with van der Waals surface area (Å²) in [6, 6.07) is 0. The van der Waals surface area contributed by atoms with Crippen LogP contribution in [-0.2, 0) is 23.9 Å². The van der Waals surface area contributed by atoms with E-state index in [9.17, 15) is 14.4 Å². The number of ether oxygens (including phenoxy) is 2. The van der Waals surface area contributed by atoms with E-state index >= 15 is 0 Å². The molecule has 0 saturated heterocycles. The number of hydrogen-bond donors (Lipinski definition) is 0. The Kier molecular flexibility index (Phi) is 24.2. The number of esters is 1. The van der Waals surface area contributed by atoms with Crippen LogP contribution in [0.3, 0.4) is 0 Å². The molecule has 33 heavy (non-hydrogen) atoms. The van der Waals surface area contributed by atoms with Crippen molar-refractivity contribution in [1.29, 1.82) is 0 Å². The molecule has 5 nitrogen and oxygen atoms in total. The van der Waals surface area contributed by atoms with Crippen LogP contribution in [0.4, 0.5) is 0 Å². The van der Waals surface area contributed by atoms with Gasteiger partial charge in [0, 0.05) is 12.8 Å². The summed E-state index contributed by atoms with van der Waals surface area (Å²) in [4.78, 5) is 34.6. The first kappa shape index (κ1) is 31.6. The predicted octanol–water partition coefficient (Wildman–Crippen LogP) is 7.73. The standard InChI is InChI=1S/C28H52O5/c1-3-5-7-9-10-14-20-26(19-13-8-6-4-2)28(31)33-24-18-12-16-22-27(30)21-15-11-17-23-32-25-29/h25-26H,3-24H2,1-2H3. The summed E-state index contributed by atoms with van der Waals surface area (Å²) < 4.78 is 10.3. The lowest BCUT2D eigenvalue weighted by Crippen LogP contribution is -2.18. The number of ketones is 1. The molecule has 0 aliphatic heterocycles. The van der Waals surface area contributed by atoms with E-state index in [1.807, 2.05) is 0 Å². The zero-order valence-corrected chi connectivity index (χ0v) is 21.8. The average Bonchev–Trinajstić information content (AvgIpc) is 2.81. The lowest BCUT2D eigenvalue weighted by molar-refractivity contribution is -0.149. The second-order valence-corrected chi connectivity index (χ2v) is 9.40. The molecule has 0 aromatic rings. The Labute approximate surface area is 203 Å². The van der Waals surface area contributed by atoms with Gasteiger partial charge in [-0.15, -0.1) is 0 Å². The van der Waals surface area contributed by atoms with Crippen molar-refractivity contribution in [3.8, 4) is 0 Å². The Bertz CT molecular complexity index is 463. The van der Waals surface area contributed by atoms with E-state index in [2.05, 4.69) is 18.6 Å². The first-order valence-electron chi connectivity index (χ1n) is 13.9. The molecule has 194 valence electrons. The monoisotopic (exact) mass is 468 g/mol. The third-order valence-corrected chi connectivity index (χ3v) is 6.28. The molecule has 0 aromatic carbocycles. The van der Waals surface area contributed by atoms with Crippen LogP contribution >= 0.6 is 0 Å². The summed E-state index contributed by atoms with van der Waals surface area (Å²) in [5.74, 6) is 0.357. The van der Waals surface area contributed by atoms with Gasteiger partial charge in [-0.2, -0.15) is 0 Å². The van der Waals surface area contributed by atoms with Gasteiger partial charge in [0.1, 0.15) is 5.78 Å². The molecule has 0 fully saturated rings. The summed E-state index contributed by atoms with van der Waals surface area (Å²) in [6.07, 6.45) is 20.6. The first-order valence-corrected chi connectivity index (χ1v) is 13.9. The van der Waals surface area contributed by atoms with Gasteiger partial charge in [-0.25, -0.2) is 0 Å². The Hall–Kier alpha value is -1.39. The van der Waals surface area contributed by atoms with Crippen LogP contribution in [0.1, 0.15) is 142 Å². The maximum absolute atomic E-state index is 12.6. The third-order valence-electron chi connectivity index (χ3n) is 6.28. The van der Waals surface area contributed by atoms with Crippen LogP contribution in [-0.4, -0.2) is 31.4 Å². The quantitative estimate of drug-likeness (QED) is 0.0738. The van der Waals surface area contributed by atoms with Crippen molar-refractivity contribution in [1.82, 2.24) is 0 Å². The molecule has 0 aromatic heterocycles. The van der Waals surface area contributed by atoms with Crippen molar-refractivity contribution in [2.75, 3.05) is 13.2 Å². The van der Waals surface area contributed by atoms with E-state index in [1.165, 1.54) is 51.4 Å². The van der Waals surface area contributed by atoms with Crippen LogP contribution in [0.15, 0.2) is 0 Å². The molecule has 0 aliphatic carbocycles. The molecule has 1 atom stereocenters. The molecule has 1 unspecified atom stereocenters. The predicted molar refractivity (Wildman–Crippen MR) is 135 cm³/mol. The van der Waals surface area contributed by atoms with Crippen molar-refractivity contribution in [3.05, 3.63) is 0 Å². The average molecular weight is 469 g/mol. The highest BCUT2D eigenvalue weighted by Crippen LogP contribution is 2.20. The molecule has 0 amide bonds. The summed E-state index contributed by atoms with van der Waals surface area (Å²) >= 11 is 0. The smallest absolute Gasteiger partial charge is 0.308 e. The van der Waals surface area contributed by atoms with Crippen molar-refractivity contribution in [3.63, 3.8) is 0 Å². The van der Waals surface area contributed by atoms with E-state index in [0.29, 0.717) is 38.3 Å². The van der Waals surface area contributed by atoms with Crippen molar-refractivity contribution >= 4 is 18.2 Å². The van der Waals surface area contributed by atoms with Crippen molar-refractivity contribution in [2.24, 2.45) is 5.92 Å². The number of hydrogen-bond acceptors (Lipinski definition) is 5. The molecular formula is C28H52O5. The summed E-state index contributed by atoms with van der Waals surface area (Å²) in [5, 5.41) is 0. The highest BCUT2D eigenvalue weighted by molar-refractivity contribution is 5.78. The normalized spacial score (nSPS) is 11.8. The Morgan fingerprint density at radius 2 is 1.12 bits per heavy atom. The van der Waals surface area contributed by atoms with E-state index in [1.54, 1.807) is 0 Å². The molecule has 5 heteroatoms. The molecule has 0 saturated carbocycles. The highest BCUT2D eigenvalue weighted by Gasteiger charge is 2.19. The maximum atomic E-state index is 12.6. The minimum Gasteiger partial charge on any atom is -0.468 e. The summed E-state index contributed by atoms with van der Waals surface area (Å²) in [5.41, 5.74) is 0. The largest absolute Gasteiger partial charge is 0.468 e. The molecule has 0 rings (SSSR count). The third kappa shape index (κ3) is 22.2. The fourth-order valence-corrected chi connectivity index (χ4v) is 4.12. The van der Waals surface area contributed by atoms with Gasteiger partial charge in [-0.05, 0) is 51.4 Å². The van der Waals surface area contributed by atoms with Gasteiger partial charge >= 0.3 is 5.97 Å². The summed E-state index contributed by atoms with van der Waals surface area (Å²) in [6.45, 7) is 5.83. The number of unbranched alkanes of at least 4 members (excludes halogenated alkanes) is 12. The first-order chi connectivity index (χ1) is 16.2. The van der Waals surface area contributed by atoms with Gasteiger partial charge < -0.3 is 9.47 Å². The van der Waals surface area contributed by atoms with Gasteiger partial charge in [0.05, 0.1) is 19.1 Å². The SMILES string of the molecule is CCCCCCCCC(CCCCCC)C(=O)OCCCCCC(=O)CCCCCOC=O. The van der Waals surface area contributed by atoms with E-state index in [0.717, 1.165) is 64.2 Å². The van der Waals surface area contributed by atoms with Gasteiger partial charge in [-0.3, -0.25) is 14.4 Å². The van der Waals surface area contributed by atoms with Crippen LogP contribution in [0, 0.1) is 5.92 Å². The maximum Gasteiger partial charge on any atom is 0.308 e. The van der Waals surface area contributed by atoms with E-state index < -0.39 is 0 Å². The number of carbonyl (C=O) groups is 3. The molecule has 0 bridgehead atoms. The second-order valence-electron chi connectivity index (χ2n) is 9.40. The fourth-order valence-electron chi connectivity index (χ4n) is 4.12. The van der Waals surface area contributed by atoms with Crippen molar-refractivity contribution in [2.45, 2.75) is 142 Å². The van der Waals surface area contributed by atoms with E-state index in [-0.39, 0.29) is 11.9 Å². The van der Waals surface area contributed by atoms with Gasteiger partial charge in [0.2, 0.25) is 0 Å². The Morgan fingerprint density at radius 1 is 0.636 bits per heavy atom. The van der Waals surface area contributed by atoms with Crippen molar-refractivity contribution < 1.29 is 23.9 Å². The van der Waals surface area contributed by atoms with Gasteiger partial charge in [0.25, 0.3) is 6.47 Å². The van der Waals surface area contributed by atoms with Crippen LogP contribution < -0.4 is 0 Å². The zero-order chi connectivity index (χ0) is 24.4. The molecule has 0 spiro atoms. The second kappa shape index (κ2) is 25.2. The Balaban J connectivity index is 3.91. The highest BCUT2D eigenvalue weighted by atomic mass is 16.5. The van der Waals surface area contributed by atoms with Crippen LogP contribution in [0.2, 0.25) is 0 Å². The zero-order valence-electron chi connectivity index (χ0n) is 21.8. The number of carbonyl (C=O) groups excluding carboxylic acids is 3. The topological polar surface area (TPSA) is 69.7 Å². The fraction of sp³-hybridized carbons (Fsp3) is 0.893. The minimum absolute atomic E-state index is 0.00491. The van der Waals surface area contributed by atoms with Gasteiger partial charge in [0.15, 0.2) is 0 Å². The number of Topliss-reactive ketones (excluding diaryl/α,β-unsaturated/α-hetero) is 1. The molecule has 0 N–H and O–H groups in total. The van der Waals surface area contributed by atoms with Crippen LogP contribution in [0.25, 0.3) is 0 Å². The molecule has 0 heterocycles.